The van der Waals surface area contributed by atoms with E-state index in [1.807, 2.05) is 0 Å². The number of hydrogen-bond acceptors (Lipinski definition) is 0. The molecule has 0 aliphatic heterocycles. The maximum Gasteiger partial charge on any atom is -0.0305 e. The van der Waals surface area contributed by atoms with E-state index in [2.05, 4.69) is 159 Å². The lowest BCUT2D eigenvalue weighted by Crippen LogP contribution is -2.16. The molecule has 0 aromatic heterocycles. The molecule has 3 atom stereocenters. The summed E-state index contributed by atoms with van der Waals surface area (Å²) in [7, 11) is 0. The van der Waals surface area contributed by atoms with Gasteiger partial charge in [0.25, 0.3) is 0 Å². The molecule has 0 spiro atoms. The maximum absolute atomic E-state index is 2.41. The van der Waals surface area contributed by atoms with E-state index in [9.17, 15) is 0 Å². The molecule has 0 rings (SSSR count). The Bertz CT molecular complexity index is 671. The van der Waals surface area contributed by atoms with Crippen LogP contribution in [0.4, 0.5) is 0 Å². The lowest BCUT2D eigenvalue weighted by atomic mass is 9.76. The number of rotatable bonds is 31. The quantitative estimate of drug-likeness (QED) is 0.0610. The van der Waals surface area contributed by atoms with Crippen LogP contribution < -0.4 is 0 Å². The molecule has 3 unspecified atom stereocenters. The first-order valence-corrected chi connectivity index (χ1v) is 28.6. The summed E-state index contributed by atoms with van der Waals surface area (Å²) in [6, 6.07) is 0. The molecule has 0 heteroatoms. The van der Waals surface area contributed by atoms with Gasteiger partial charge in [0, 0.05) is 0 Å². The monoisotopic (exact) mass is 853 g/mol. The highest BCUT2D eigenvalue weighted by Crippen LogP contribution is 2.35. The standard InChI is InChI=1S/6C10H22/c1-5-9(4)8-10(6-2)7-3;1-5-8-9-10(4,6-2)7-3;1-5-8-10(7-3)9(4)6-2;1-5-9-10(6-2,7-3)8-4;1-5-9(6-2)10(7-3)8-4;1-4-7-8-9-10(5-2)6-3/h9-10H,5-8H2,1-4H3;5-9H2,1-4H3;9-10H,5-8H2,1-4H3;5-9H2,1-4H3;9-10H,5-8H2,1-4H3;10H,4-9H2,1-3H3. The van der Waals surface area contributed by atoms with Crippen molar-refractivity contribution in [3.8, 4) is 0 Å². The van der Waals surface area contributed by atoms with E-state index in [0.717, 1.165) is 41.4 Å². The van der Waals surface area contributed by atoms with Crippen molar-refractivity contribution in [2.45, 2.75) is 339 Å². The van der Waals surface area contributed by atoms with Crippen LogP contribution in [0.3, 0.4) is 0 Å². The molecule has 0 radical (unpaired) electrons. The van der Waals surface area contributed by atoms with Crippen LogP contribution >= 0.6 is 0 Å². The van der Waals surface area contributed by atoms with Crippen molar-refractivity contribution in [1.82, 2.24) is 0 Å². The maximum atomic E-state index is 2.41. The van der Waals surface area contributed by atoms with E-state index < -0.39 is 0 Å². The van der Waals surface area contributed by atoms with Crippen LogP contribution in [-0.2, 0) is 0 Å². The van der Waals surface area contributed by atoms with Crippen molar-refractivity contribution in [3.05, 3.63) is 0 Å². The largest absolute Gasteiger partial charge is 0.0654 e. The second kappa shape index (κ2) is 53.3. The lowest BCUT2D eigenvalue weighted by molar-refractivity contribution is 0.226. The van der Waals surface area contributed by atoms with Crippen molar-refractivity contribution >= 4 is 0 Å². The summed E-state index contributed by atoms with van der Waals surface area (Å²) >= 11 is 0. The smallest absolute Gasteiger partial charge is 0.0305 e. The third-order valence-corrected chi connectivity index (χ3v) is 16.2. The van der Waals surface area contributed by atoms with Gasteiger partial charge >= 0.3 is 0 Å². The Labute approximate surface area is 389 Å². The van der Waals surface area contributed by atoms with Crippen molar-refractivity contribution in [3.63, 3.8) is 0 Å². The Kier molecular flexibility index (Phi) is 63.7. The van der Waals surface area contributed by atoms with Crippen molar-refractivity contribution < 1.29 is 0 Å². The average molecular weight is 854 g/mol. The molecule has 0 N–H and O–H groups in total. The summed E-state index contributed by atoms with van der Waals surface area (Å²) in [5.41, 5.74) is 1.31. The summed E-state index contributed by atoms with van der Waals surface area (Å²) in [4.78, 5) is 0. The average Bonchev–Trinajstić information content (AvgIpc) is 3.29. The van der Waals surface area contributed by atoms with Gasteiger partial charge in [-0.25, -0.2) is 0 Å². The van der Waals surface area contributed by atoms with E-state index in [0.29, 0.717) is 10.8 Å². The Balaban J connectivity index is -0.000000146. The van der Waals surface area contributed by atoms with Crippen molar-refractivity contribution in [2.75, 3.05) is 0 Å². The molecule has 60 heavy (non-hydrogen) atoms. The minimum absolute atomic E-state index is 0.635. The van der Waals surface area contributed by atoms with E-state index in [1.165, 1.54) is 180 Å². The van der Waals surface area contributed by atoms with Crippen LogP contribution in [-0.4, -0.2) is 0 Å². The van der Waals surface area contributed by atoms with Gasteiger partial charge in [0.2, 0.25) is 0 Å². The molecule has 0 aliphatic carbocycles. The first-order chi connectivity index (χ1) is 28.6. The molecule has 0 aromatic carbocycles. The van der Waals surface area contributed by atoms with Crippen molar-refractivity contribution in [1.29, 1.82) is 0 Å². The van der Waals surface area contributed by atoms with E-state index in [4.69, 9.17) is 0 Å². The lowest BCUT2D eigenvalue weighted by Gasteiger charge is -2.29. The van der Waals surface area contributed by atoms with Crippen LogP contribution in [0.25, 0.3) is 0 Å². The molecule has 0 aliphatic rings. The topological polar surface area (TPSA) is 0 Å². The highest BCUT2D eigenvalue weighted by atomic mass is 14.3. The fourth-order valence-corrected chi connectivity index (χ4v) is 9.26. The number of unbranched alkanes of at least 4 members (excludes halogenated alkanes) is 3. The molecule has 0 fully saturated rings. The fraction of sp³-hybridized carbons (Fsp3) is 1.00. The zero-order valence-corrected chi connectivity index (χ0v) is 47.8. The SMILES string of the molecule is CCC(C)CC(CC)CC.CCC(CC)C(CC)CC.CCCC(CC)(CC)CC.CCCC(CC)C(C)CC.CCCCC(C)(CC)CC.CCCCCC(CC)CC. The van der Waals surface area contributed by atoms with Gasteiger partial charge < -0.3 is 0 Å². The molecule has 0 amide bonds. The van der Waals surface area contributed by atoms with Gasteiger partial charge in [-0.3, -0.25) is 0 Å². The molecular formula is C60H132. The highest BCUT2D eigenvalue weighted by Gasteiger charge is 2.22. The Morgan fingerprint density at radius 2 is 0.750 bits per heavy atom. The normalized spacial score (nSPS) is 12.8. The Morgan fingerprint density at radius 1 is 0.333 bits per heavy atom. The van der Waals surface area contributed by atoms with Crippen LogP contribution in [0.15, 0.2) is 0 Å². The van der Waals surface area contributed by atoms with Crippen LogP contribution in [0.2, 0.25) is 0 Å². The second-order valence-corrected chi connectivity index (χ2v) is 20.0. The van der Waals surface area contributed by atoms with Gasteiger partial charge in [-0.15, -0.1) is 0 Å². The summed E-state index contributed by atoms with van der Waals surface area (Å²) in [6.45, 7) is 53.2. The first-order valence-electron chi connectivity index (χ1n) is 28.6. The minimum Gasteiger partial charge on any atom is -0.0654 e. The van der Waals surface area contributed by atoms with Gasteiger partial charge in [-0.05, 0) is 71.5 Å². The number of hydrogen-bond donors (Lipinski definition) is 0. The van der Waals surface area contributed by atoms with Crippen LogP contribution in [0, 0.1) is 52.3 Å². The molecular weight excluding hydrogens is 721 g/mol. The molecule has 0 saturated carbocycles. The van der Waals surface area contributed by atoms with E-state index in [1.54, 1.807) is 0 Å². The minimum atomic E-state index is 0.635. The van der Waals surface area contributed by atoms with E-state index >= 15 is 0 Å². The second-order valence-electron chi connectivity index (χ2n) is 20.0. The van der Waals surface area contributed by atoms with Crippen molar-refractivity contribution in [2.24, 2.45) is 52.3 Å². The Morgan fingerprint density at radius 3 is 1.00 bits per heavy atom. The van der Waals surface area contributed by atoms with Crippen LogP contribution in [0.5, 0.6) is 0 Å². The third-order valence-electron chi connectivity index (χ3n) is 16.2. The third kappa shape index (κ3) is 43.3. The summed E-state index contributed by atoms with van der Waals surface area (Å²) in [6.07, 6.45) is 38.5. The predicted molar refractivity (Wildman–Crippen MR) is 289 cm³/mol. The fourth-order valence-electron chi connectivity index (χ4n) is 9.26. The van der Waals surface area contributed by atoms with Crippen LogP contribution in [0.1, 0.15) is 339 Å². The highest BCUT2D eigenvalue weighted by molar-refractivity contribution is 4.74. The molecule has 372 valence electrons. The van der Waals surface area contributed by atoms with Gasteiger partial charge in [-0.2, -0.15) is 0 Å². The summed E-state index contributed by atoms with van der Waals surface area (Å²) in [5, 5.41) is 0. The molecule has 0 bridgehead atoms. The Hall–Kier alpha value is 0. The molecule has 0 heterocycles. The zero-order chi connectivity index (χ0) is 47.8. The first kappa shape index (κ1) is 71.6. The molecule has 0 nitrogen and oxygen atoms in total. The van der Waals surface area contributed by atoms with E-state index in [-0.39, 0.29) is 0 Å². The van der Waals surface area contributed by atoms with Gasteiger partial charge in [-0.1, -0.05) is 320 Å². The zero-order valence-electron chi connectivity index (χ0n) is 47.8. The van der Waals surface area contributed by atoms with Gasteiger partial charge in [0.15, 0.2) is 0 Å². The molecule has 0 saturated heterocycles. The predicted octanol–water partition coefficient (Wildman–Crippen LogP) is 23.6. The van der Waals surface area contributed by atoms with Gasteiger partial charge in [0.1, 0.15) is 0 Å². The van der Waals surface area contributed by atoms with Gasteiger partial charge in [0.05, 0.1) is 0 Å². The summed E-state index contributed by atoms with van der Waals surface area (Å²) < 4.78 is 0. The molecule has 0 aromatic rings. The summed E-state index contributed by atoms with van der Waals surface area (Å²) in [5.74, 6) is 6.80.